The molecule has 2 aromatic heterocycles. The van der Waals surface area contributed by atoms with Crippen molar-refractivity contribution in [2.75, 3.05) is 29.9 Å². The molecule has 3 N–H and O–H groups in total. The number of hydrogen-bond donors (Lipinski definition) is 3. The first-order chi connectivity index (χ1) is 16.8. The Balaban J connectivity index is 1.40. The van der Waals surface area contributed by atoms with E-state index in [1.807, 2.05) is 4.90 Å². The van der Waals surface area contributed by atoms with Crippen LogP contribution in [0.3, 0.4) is 0 Å². The number of H-pyrrole nitrogens is 1. The van der Waals surface area contributed by atoms with Crippen LogP contribution < -0.4 is 21.3 Å². The van der Waals surface area contributed by atoms with E-state index in [9.17, 15) is 35.9 Å². The highest BCUT2D eigenvalue weighted by molar-refractivity contribution is 5.75. The molecule has 1 amide bonds. The Morgan fingerprint density at radius 2 is 1.86 bits per heavy atom. The first kappa shape index (κ1) is 27.2. The number of alkyl halides is 6. The van der Waals surface area contributed by atoms with Gasteiger partial charge in [0.05, 0.1) is 24.1 Å². The lowest BCUT2D eigenvalue weighted by molar-refractivity contribution is -0.138. The van der Waals surface area contributed by atoms with E-state index in [2.05, 4.69) is 20.9 Å². The first-order valence-corrected chi connectivity index (χ1v) is 10.9. The maximum atomic E-state index is 13.1. The second kappa shape index (κ2) is 11.1. The number of anilines is 2. The number of piperidine rings is 1. The van der Waals surface area contributed by atoms with Crippen molar-refractivity contribution in [3.05, 3.63) is 46.0 Å². The average molecular weight is 522 g/mol. The summed E-state index contributed by atoms with van der Waals surface area (Å²) >= 11 is 0. The van der Waals surface area contributed by atoms with Crippen molar-refractivity contribution < 1.29 is 36.0 Å². The van der Waals surface area contributed by atoms with Gasteiger partial charge in [-0.15, -0.1) is 0 Å². The molecular formula is C21H24F6N6O3. The zero-order valence-electron chi connectivity index (χ0n) is 19.0. The smallest absolute Gasteiger partial charge is 0.378 e. The van der Waals surface area contributed by atoms with Crippen LogP contribution in [-0.4, -0.2) is 46.8 Å². The summed E-state index contributed by atoms with van der Waals surface area (Å²) in [6.45, 7) is 2.35. The van der Waals surface area contributed by atoms with Crippen LogP contribution in [0.5, 0.6) is 0 Å². The predicted molar refractivity (Wildman–Crippen MR) is 116 cm³/mol. The minimum atomic E-state index is -4.88. The van der Waals surface area contributed by atoms with Gasteiger partial charge in [-0.3, -0.25) is 14.4 Å². The number of pyridine rings is 1. The number of aromatic amines is 1. The summed E-state index contributed by atoms with van der Waals surface area (Å²) in [5.41, 5.74) is -1.88. The van der Waals surface area contributed by atoms with Crippen LogP contribution in [-0.2, 0) is 22.0 Å². The minimum absolute atomic E-state index is 0.0197. The molecule has 0 radical (unpaired) electrons. The summed E-state index contributed by atoms with van der Waals surface area (Å²) in [6.07, 6.45) is -6.33. The molecule has 0 unspecified atom stereocenters. The number of amides is 1. The van der Waals surface area contributed by atoms with Gasteiger partial charge in [-0.25, -0.2) is 15.6 Å². The SMILES string of the molecule is C[C@@H](CONC(=O)CC1CCN(c2ccc(C(F)(F)F)cn2)CC1)Nc1cn[nH]c(=O)c1C(F)(F)F. The number of hydrogen-bond acceptors (Lipinski definition) is 7. The molecule has 0 aliphatic carbocycles. The van der Waals surface area contributed by atoms with E-state index in [0.29, 0.717) is 31.7 Å². The lowest BCUT2D eigenvalue weighted by Crippen LogP contribution is -2.37. The Labute approximate surface area is 201 Å². The van der Waals surface area contributed by atoms with Crippen LogP contribution in [0.25, 0.3) is 0 Å². The zero-order chi connectivity index (χ0) is 26.5. The summed E-state index contributed by atoms with van der Waals surface area (Å²) in [7, 11) is 0. The van der Waals surface area contributed by atoms with Gasteiger partial charge in [0.25, 0.3) is 5.56 Å². The Kier molecular flexibility index (Phi) is 8.43. The van der Waals surface area contributed by atoms with Gasteiger partial charge in [-0.1, -0.05) is 0 Å². The van der Waals surface area contributed by atoms with Gasteiger partial charge in [0, 0.05) is 31.7 Å². The molecular weight excluding hydrogens is 498 g/mol. The number of nitrogens with zero attached hydrogens (tertiary/aromatic N) is 3. The van der Waals surface area contributed by atoms with Gasteiger partial charge in [-0.2, -0.15) is 31.4 Å². The molecule has 1 aliphatic heterocycles. The standard InChI is InChI=1S/C21H24F6N6O3/c1-12(30-15-10-29-31-19(35)18(15)21(25,26)27)11-36-32-17(34)8-13-4-6-33(7-5-13)16-3-2-14(9-28-16)20(22,23)24/h2-3,9-10,12-13H,4-8,11H2,1H3,(H,32,34)(H2,30,31,35)/t12-/m0/s1. The Bertz CT molecular complexity index is 1080. The lowest BCUT2D eigenvalue weighted by Gasteiger charge is -2.32. The molecule has 0 spiro atoms. The van der Waals surface area contributed by atoms with E-state index < -0.39 is 46.7 Å². The van der Waals surface area contributed by atoms with E-state index in [4.69, 9.17) is 4.84 Å². The third kappa shape index (κ3) is 7.32. The molecule has 1 aliphatic rings. The van der Waals surface area contributed by atoms with E-state index in [0.717, 1.165) is 18.5 Å². The molecule has 36 heavy (non-hydrogen) atoms. The van der Waals surface area contributed by atoms with Gasteiger partial charge in [-0.05, 0) is 37.8 Å². The van der Waals surface area contributed by atoms with E-state index in [1.54, 1.807) is 5.10 Å². The van der Waals surface area contributed by atoms with E-state index in [-0.39, 0.29) is 18.9 Å². The van der Waals surface area contributed by atoms with Gasteiger partial charge in [0.15, 0.2) is 0 Å². The maximum absolute atomic E-state index is 13.1. The molecule has 2 aromatic rings. The van der Waals surface area contributed by atoms with E-state index >= 15 is 0 Å². The molecule has 15 heteroatoms. The molecule has 3 rings (SSSR count). The summed E-state index contributed by atoms with van der Waals surface area (Å²) in [5.74, 6) is 0.0356. The highest BCUT2D eigenvalue weighted by atomic mass is 19.4. The number of rotatable bonds is 8. The fourth-order valence-electron chi connectivity index (χ4n) is 3.75. The van der Waals surface area contributed by atoms with Crippen LogP contribution in [0.1, 0.15) is 37.3 Å². The van der Waals surface area contributed by atoms with Crippen molar-refractivity contribution in [2.24, 2.45) is 5.92 Å². The average Bonchev–Trinajstić information content (AvgIpc) is 2.78. The Morgan fingerprint density at radius 3 is 2.44 bits per heavy atom. The minimum Gasteiger partial charge on any atom is -0.378 e. The first-order valence-electron chi connectivity index (χ1n) is 10.9. The highest BCUT2D eigenvalue weighted by Crippen LogP contribution is 2.32. The molecule has 0 saturated carbocycles. The summed E-state index contributed by atoms with van der Waals surface area (Å²) in [5, 5.41) is 7.59. The van der Waals surface area contributed by atoms with Crippen LogP contribution in [0.15, 0.2) is 29.3 Å². The molecule has 1 atom stereocenters. The molecule has 198 valence electrons. The number of hydroxylamine groups is 1. The van der Waals surface area contributed by atoms with E-state index in [1.165, 1.54) is 13.0 Å². The molecule has 1 fully saturated rings. The number of halogens is 6. The molecule has 0 aromatic carbocycles. The largest absolute Gasteiger partial charge is 0.423 e. The van der Waals surface area contributed by atoms with Crippen molar-refractivity contribution in [3.63, 3.8) is 0 Å². The van der Waals surface area contributed by atoms with Gasteiger partial charge in [0.2, 0.25) is 5.91 Å². The Morgan fingerprint density at radius 1 is 1.17 bits per heavy atom. The molecule has 0 bridgehead atoms. The fourth-order valence-corrected chi connectivity index (χ4v) is 3.75. The van der Waals surface area contributed by atoms with Crippen molar-refractivity contribution in [1.82, 2.24) is 20.7 Å². The predicted octanol–water partition coefficient (Wildman–Crippen LogP) is 3.36. The number of carbonyl (C=O) groups excluding carboxylic acids is 1. The monoisotopic (exact) mass is 522 g/mol. The molecule has 3 heterocycles. The lowest BCUT2D eigenvalue weighted by atomic mass is 9.93. The highest BCUT2D eigenvalue weighted by Gasteiger charge is 2.37. The topological polar surface area (TPSA) is 112 Å². The third-order valence-electron chi connectivity index (χ3n) is 5.55. The van der Waals surface area contributed by atoms with Gasteiger partial charge >= 0.3 is 12.4 Å². The van der Waals surface area contributed by atoms with Crippen LogP contribution in [0.2, 0.25) is 0 Å². The molecule has 9 nitrogen and oxygen atoms in total. The Hall–Kier alpha value is -3.36. The van der Waals surface area contributed by atoms with Crippen molar-refractivity contribution in [3.8, 4) is 0 Å². The summed E-state index contributed by atoms with van der Waals surface area (Å²) in [6, 6.07) is 1.60. The van der Waals surface area contributed by atoms with Crippen molar-refractivity contribution in [2.45, 2.75) is 44.6 Å². The third-order valence-corrected chi connectivity index (χ3v) is 5.55. The van der Waals surface area contributed by atoms with Gasteiger partial charge < -0.3 is 10.2 Å². The normalized spacial score (nSPS) is 16.0. The van der Waals surface area contributed by atoms with Crippen LogP contribution >= 0.6 is 0 Å². The summed E-state index contributed by atoms with van der Waals surface area (Å²) in [4.78, 5) is 34.5. The maximum Gasteiger partial charge on any atom is 0.423 e. The summed E-state index contributed by atoms with van der Waals surface area (Å²) < 4.78 is 77.3. The number of nitrogens with one attached hydrogen (secondary N) is 3. The molecule has 1 saturated heterocycles. The van der Waals surface area contributed by atoms with Crippen molar-refractivity contribution >= 4 is 17.4 Å². The number of carbonyl (C=O) groups is 1. The second-order valence-corrected chi connectivity index (χ2v) is 8.40. The van der Waals surface area contributed by atoms with Crippen LogP contribution in [0.4, 0.5) is 37.8 Å². The second-order valence-electron chi connectivity index (χ2n) is 8.40. The fraction of sp³-hybridized carbons (Fsp3) is 0.524. The number of aromatic nitrogens is 3. The zero-order valence-corrected chi connectivity index (χ0v) is 19.0. The van der Waals surface area contributed by atoms with Crippen LogP contribution in [0, 0.1) is 5.92 Å². The van der Waals surface area contributed by atoms with Gasteiger partial charge in [0.1, 0.15) is 11.4 Å². The van der Waals surface area contributed by atoms with Crippen molar-refractivity contribution in [1.29, 1.82) is 0 Å². The quantitative estimate of drug-likeness (QED) is 0.360.